The molecule has 0 aliphatic rings. The molecule has 0 fully saturated rings. The van der Waals surface area contributed by atoms with E-state index in [0.717, 1.165) is 6.07 Å². The molecule has 0 saturated heterocycles. The number of nitrogens with one attached hydrogen (secondary N) is 1. The Kier molecular flexibility index (Phi) is 3.43. The standard InChI is InChI=1S/C13H13F2NO2/c1-3-16-7(2)13(17)11-9(14)6-10-8(12(11)15)4-5-18-10/h4-7,16H,3H2,1-2H3. The zero-order chi connectivity index (χ0) is 13.3. The van der Waals surface area contributed by atoms with Gasteiger partial charge in [-0.15, -0.1) is 0 Å². The van der Waals surface area contributed by atoms with Crippen LogP contribution in [0.1, 0.15) is 24.2 Å². The van der Waals surface area contributed by atoms with Crippen LogP contribution in [-0.2, 0) is 0 Å². The number of carbonyl (C=O) groups is 1. The zero-order valence-electron chi connectivity index (χ0n) is 10.1. The number of furan rings is 1. The first kappa shape index (κ1) is 12.7. The third kappa shape index (κ3) is 2.01. The van der Waals surface area contributed by atoms with Gasteiger partial charge in [0.05, 0.1) is 23.3 Å². The third-order valence-corrected chi connectivity index (χ3v) is 2.80. The third-order valence-electron chi connectivity index (χ3n) is 2.80. The van der Waals surface area contributed by atoms with E-state index >= 15 is 0 Å². The molecule has 1 aromatic carbocycles. The molecule has 1 aromatic heterocycles. The maximum Gasteiger partial charge on any atom is 0.185 e. The Morgan fingerprint density at radius 3 is 2.89 bits per heavy atom. The second-order valence-corrected chi connectivity index (χ2v) is 4.02. The summed E-state index contributed by atoms with van der Waals surface area (Å²) >= 11 is 0. The molecule has 3 nitrogen and oxygen atoms in total. The van der Waals surface area contributed by atoms with Gasteiger partial charge in [-0.1, -0.05) is 6.92 Å². The van der Waals surface area contributed by atoms with Crippen LogP contribution in [0.2, 0.25) is 0 Å². The molecule has 96 valence electrons. The number of rotatable bonds is 4. The number of likely N-dealkylation sites (N-methyl/N-ethyl adjacent to an activating group) is 1. The SMILES string of the molecule is CCNC(C)C(=O)c1c(F)cc2occc2c1F. The van der Waals surface area contributed by atoms with Gasteiger partial charge in [0.15, 0.2) is 5.78 Å². The van der Waals surface area contributed by atoms with Gasteiger partial charge < -0.3 is 9.73 Å². The summed E-state index contributed by atoms with van der Waals surface area (Å²) < 4.78 is 32.7. The lowest BCUT2D eigenvalue weighted by Gasteiger charge is -2.12. The fraction of sp³-hybridized carbons (Fsp3) is 0.308. The molecule has 0 saturated carbocycles. The molecule has 2 rings (SSSR count). The molecule has 0 bridgehead atoms. The lowest BCUT2D eigenvalue weighted by molar-refractivity contribution is 0.0944. The van der Waals surface area contributed by atoms with Crippen LogP contribution in [0.4, 0.5) is 8.78 Å². The minimum absolute atomic E-state index is 0.0950. The van der Waals surface area contributed by atoms with Crippen molar-refractivity contribution in [1.82, 2.24) is 5.32 Å². The number of hydrogen-bond donors (Lipinski definition) is 1. The van der Waals surface area contributed by atoms with Crippen molar-refractivity contribution >= 4 is 16.8 Å². The highest BCUT2D eigenvalue weighted by molar-refractivity contribution is 6.03. The number of halogens is 2. The topological polar surface area (TPSA) is 42.2 Å². The smallest absolute Gasteiger partial charge is 0.185 e. The van der Waals surface area contributed by atoms with Crippen molar-refractivity contribution in [2.45, 2.75) is 19.9 Å². The molecule has 5 heteroatoms. The monoisotopic (exact) mass is 253 g/mol. The first-order chi connectivity index (χ1) is 8.56. The van der Waals surface area contributed by atoms with E-state index < -0.39 is 29.0 Å². The molecule has 1 unspecified atom stereocenters. The van der Waals surface area contributed by atoms with Crippen LogP contribution < -0.4 is 5.32 Å². The Balaban J connectivity index is 2.53. The normalized spacial score (nSPS) is 12.9. The maximum atomic E-state index is 14.1. The van der Waals surface area contributed by atoms with E-state index in [1.165, 1.54) is 12.3 Å². The highest BCUT2D eigenvalue weighted by Gasteiger charge is 2.24. The summed E-state index contributed by atoms with van der Waals surface area (Å²) in [6.07, 6.45) is 1.26. The van der Waals surface area contributed by atoms with Gasteiger partial charge in [-0.3, -0.25) is 4.79 Å². The lowest BCUT2D eigenvalue weighted by Crippen LogP contribution is -2.34. The van der Waals surface area contributed by atoms with Gasteiger partial charge in [-0.25, -0.2) is 8.78 Å². The summed E-state index contributed by atoms with van der Waals surface area (Å²) in [6.45, 7) is 3.93. The van der Waals surface area contributed by atoms with Gasteiger partial charge in [0.2, 0.25) is 0 Å². The number of Topliss-reactive ketones (excluding diaryl/α,β-unsaturated/α-hetero) is 1. The molecular weight excluding hydrogens is 240 g/mol. The molecule has 0 radical (unpaired) electrons. The van der Waals surface area contributed by atoms with Crippen molar-refractivity contribution in [3.63, 3.8) is 0 Å². The predicted molar refractivity (Wildman–Crippen MR) is 63.6 cm³/mol. The summed E-state index contributed by atoms with van der Waals surface area (Å²) in [5, 5.41) is 2.95. The van der Waals surface area contributed by atoms with Crippen LogP contribution in [0.15, 0.2) is 22.8 Å². The maximum absolute atomic E-state index is 14.1. The van der Waals surface area contributed by atoms with Crippen molar-refractivity contribution in [2.75, 3.05) is 6.54 Å². The van der Waals surface area contributed by atoms with Crippen LogP contribution in [0.5, 0.6) is 0 Å². The Hall–Kier alpha value is -1.75. The Labute approximate surface area is 103 Å². The summed E-state index contributed by atoms with van der Waals surface area (Å²) in [5.74, 6) is -2.37. The zero-order valence-corrected chi connectivity index (χ0v) is 10.1. The molecule has 1 atom stereocenters. The van der Waals surface area contributed by atoms with E-state index in [2.05, 4.69) is 5.32 Å². The molecule has 0 spiro atoms. The van der Waals surface area contributed by atoms with Gasteiger partial charge in [0.25, 0.3) is 0 Å². The Morgan fingerprint density at radius 1 is 1.50 bits per heavy atom. The van der Waals surface area contributed by atoms with Crippen molar-refractivity contribution in [3.05, 3.63) is 35.6 Å². The second kappa shape index (κ2) is 4.86. The highest BCUT2D eigenvalue weighted by atomic mass is 19.1. The molecule has 0 amide bonds. The van der Waals surface area contributed by atoms with Gasteiger partial charge >= 0.3 is 0 Å². The Bertz CT molecular complexity index is 592. The summed E-state index contributed by atoms with van der Waals surface area (Å²) in [6, 6.07) is 1.77. The van der Waals surface area contributed by atoms with E-state index in [1.807, 2.05) is 6.92 Å². The van der Waals surface area contributed by atoms with Crippen LogP contribution in [-0.4, -0.2) is 18.4 Å². The first-order valence-corrected chi connectivity index (χ1v) is 5.69. The summed E-state index contributed by atoms with van der Waals surface area (Å²) in [4.78, 5) is 12.0. The van der Waals surface area contributed by atoms with Crippen molar-refractivity contribution < 1.29 is 18.0 Å². The first-order valence-electron chi connectivity index (χ1n) is 5.69. The second-order valence-electron chi connectivity index (χ2n) is 4.02. The highest BCUT2D eigenvalue weighted by Crippen LogP contribution is 2.25. The number of fused-ring (bicyclic) bond motifs is 1. The van der Waals surface area contributed by atoms with Crippen molar-refractivity contribution in [2.24, 2.45) is 0 Å². The predicted octanol–water partition coefficient (Wildman–Crippen LogP) is 2.89. The minimum atomic E-state index is -0.898. The molecular formula is C13H13F2NO2. The average Bonchev–Trinajstić information content (AvgIpc) is 2.77. The van der Waals surface area contributed by atoms with E-state index in [-0.39, 0.29) is 11.0 Å². The number of benzene rings is 1. The summed E-state index contributed by atoms with van der Waals surface area (Å²) in [7, 11) is 0. The number of ketones is 1. The molecule has 0 aliphatic carbocycles. The van der Waals surface area contributed by atoms with Crippen LogP contribution >= 0.6 is 0 Å². The van der Waals surface area contributed by atoms with Crippen LogP contribution in [0, 0.1) is 11.6 Å². The van der Waals surface area contributed by atoms with E-state index in [0.29, 0.717) is 6.54 Å². The van der Waals surface area contributed by atoms with Gasteiger partial charge in [-0.2, -0.15) is 0 Å². The fourth-order valence-corrected chi connectivity index (χ4v) is 1.88. The molecule has 2 aromatic rings. The number of hydrogen-bond acceptors (Lipinski definition) is 3. The van der Waals surface area contributed by atoms with E-state index in [9.17, 15) is 13.6 Å². The van der Waals surface area contributed by atoms with Crippen LogP contribution in [0.3, 0.4) is 0 Å². The average molecular weight is 253 g/mol. The molecule has 0 aliphatic heterocycles. The van der Waals surface area contributed by atoms with E-state index in [1.54, 1.807) is 6.92 Å². The molecule has 1 N–H and O–H groups in total. The van der Waals surface area contributed by atoms with Crippen molar-refractivity contribution in [3.8, 4) is 0 Å². The Morgan fingerprint density at radius 2 is 2.22 bits per heavy atom. The van der Waals surface area contributed by atoms with Gasteiger partial charge in [0, 0.05) is 6.07 Å². The lowest BCUT2D eigenvalue weighted by atomic mass is 10.0. The summed E-state index contributed by atoms with van der Waals surface area (Å²) in [5.41, 5.74) is -0.421. The van der Waals surface area contributed by atoms with Gasteiger partial charge in [0.1, 0.15) is 17.2 Å². The van der Waals surface area contributed by atoms with Crippen LogP contribution in [0.25, 0.3) is 11.0 Å². The van der Waals surface area contributed by atoms with Gasteiger partial charge in [-0.05, 0) is 19.5 Å². The largest absolute Gasteiger partial charge is 0.464 e. The minimum Gasteiger partial charge on any atom is -0.464 e. The fourth-order valence-electron chi connectivity index (χ4n) is 1.88. The number of carbonyl (C=O) groups excluding carboxylic acids is 1. The van der Waals surface area contributed by atoms with Crippen molar-refractivity contribution in [1.29, 1.82) is 0 Å². The quantitative estimate of drug-likeness (QED) is 0.852. The van der Waals surface area contributed by atoms with E-state index in [4.69, 9.17) is 4.42 Å². The molecule has 18 heavy (non-hydrogen) atoms. The molecule has 1 heterocycles.